The van der Waals surface area contributed by atoms with Crippen LogP contribution in [0.2, 0.25) is 50.6 Å². The monoisotopic (exact) mass is 258 g/mol. The standard InChI is InChI=1S/C8H22Si5/c1-12(2,3)7-9-11-10-8-13(4,5)6/h7-8H2,1-6H3. The predicted octanol–water partition coefficient (Wildman–Crippen LogP) is 2.52. The predicted molar refractivity (Wildman–Crippen MR) is 73.6 cm³/mol. The Morgan fingerprint density at radius 3 is 1.23 bits per heavy atom. The minimum atomic E-state index is -0.718. The van der Waals surface area contributed by atoms with Crippen LogP contribution >= 0.6 is 0 Å². The van der Waals surface area contributed by atoms with E-state index >= 15 is 0 Å². The van der Waals surface area contributed by atoms with E-state index in [2.05, 4.69) is 39.3 Å². The van der Waals surface area contributed by atoms with Crippen LogP contribution in [0.15, 0.2) is 0 Å². The summed E-state index contributed by atoms with van der Waals surface area (Å²) in [4.78, 5) is 0. The molecule has 0 rings (SSSR count). The van der Waals surface area contributed by atoms with Crippen molar-refractivity contribution in [3.05, 3.63) is 0 Å². The second-order valence-electron chi connectivity index (χ2n) is 5.95. The zero-order chi connectivity index (χ0) is 10.5. The van der Waals surface area contributed by atoms with Gasteiger partial charge >= 0.3 is 0 Å². The molecule has 0 aromatic carbocycles. The Labute approximate surface area is 93.4 Å². The van der Waals surface area contributed by atoms with Gasteiger partial charge in [0.1, 0.15) is 0 Å². The molecule has 0 N–H and O–H groups in total. The zero-order valence-corrected chi connectivity index (χ0v) is 14.9. The molecule has 6 radical (unpaired) electrons. The van der Waals surface area contributed by atoms with E-state index in [0.29, 0.717) is 0 Å². The lowest BCUT2D eigenvalue weighted by Gasteiger charge is -2.16. The van der Waals surface area contributed by atoms with Crippen LogP contribution in [-0.4, -0.2) is 42.8 Å². The van der Waals surface area contributed by atoms with Crippen LogP contribution in [0.1, 0.15) is 0 Å². The summed E-state index contributed by atoms with van der Waals surface area (Å²) in [5, 5.41) is 0. The first-order valence-corrected chi connectivity index (χ1v) is 17.7. The molecule has 0 spiro atoms. The Morgan fingerprint density at radius 1 is 0.692 bits per heavy atom. The van der Waals surface area contributed by atoms with Crippen LogP contribution in [0.25, 0.3) is 0 Å². The summed E-state index contributed by atoms with van der Waals surface area (Å²) in [6.45, 7) is 15.0. The van der Waals surface area contributed by atoms with Gasteiger partial charge in [-0.25, -0.2) is 0 Å². The first-order valence-electron chi connectivity index (χ1n) is 4.91. The van der Waals surface area contributed by atoms with E-state index in [1.165, 1.54) is 26.6 Å². The summed E-state index contributed by atoms with van der Waals surface area (Å²) < 4.78 is 0. The average molecular weight is 259 g/mol. The van der Waals surface area contributed by atoms with Gasteiger partial charge in [0.25, 0.3) is 0 Å². The van der Waals surface area contributed by atoms with Gasteiger partial charge in [-0.05, 0) is 0 Å². The fourth-order valence-corrected chi connectivity index (χ4v) is 23.2. The lowest BCUT2D eigenvalue weighted by molar-refractivity contribution is 1.64. The van der Waals surface area contributed by atoms with Crippen LogP contribution in [0.4, 0.5) is 0 Å². The molecule has 0 bridgehead atoms. The largest absolute Gasteiger partial charge is 0.0698 e. The molecule has 0 aliphatic heterocycles. The van der Waals surface area contributed by atoms with E-state index in [0.717, 1.165) is 0 Å². The van der Waals surface area contributed by atoms with Gasteiger partial charge < -0.3 is 0 Å². The fraction of sp³-hybridized carbons (Fsp3) is 1.00. The Kier molecular flexibility index (Phi) is 6.33. The SMILES string of the molecule is C[Si](C)(C)C[Si][Si][Si]C[Si](C)(C)C. The highest BCUT2D eigenvalue weighted by Gasteiger charge is 2.15. The minimum absolute atomic E-state index is 0.718. The van der Waals surface area contributed by atoms with Gasteiger partial charge in [0, 0.05) is 42.8 Å². The third-order valence-corrected chi connectivity index (χ3v) is 19.1. The van der Waals surface area contributed by atoms with E-state index in [9.17, 15) is 0 Å². The summed E-state index contributed by atoms with van der Waals surface area (Å²) in [6, 6.07) is 0. The Morgan fingerprint density at radius 2 is 1.00 bits per heavy atom. The van der Waals surface area contributed by atoms with E-state index < -0.39 is 16.1 Å². The fourth-order valence-electron chi connectivity index (χ4n) is 0.681. The first kappa shape index (κ1) is 14.1. The number of hydrogen-bond acceptors (Lipinski definition) is 0. The normalized spacial score (nSPS) is 13.4. The maximum atomic E-state index is 2.49. The second-order valence-corrected chi connectivity index (χ2v) is 25.1. The van der Waals surface area contributed by atoms with Crippen molar-refractivity contribution in [2.45, 2.75) is 50.6 Å². The second kappa shape index (κ2) is 5.84. The van der Waals surface area contributed by atoms with Gasteiger partial charge in [0.15, 0.2) is 0 Å². The molecule has 0 heterocycles. The van der Waals surface area contributed by atoms with Crippen molar-refractivity contribution < 1.29 is 0 Å². The third kappa shape index (κ3) is 13.1. The molecule has 0 amide bonds. The molecule has 0 saturated heterocycles. The highest BCUT2D eigenvalue weighted by Crippen LogP contribution is 2.07. The molecule has 0 aliphatic carbocycles. The quantitative estimate of drug-likeness (QED) is 0.507. The maximum Gasteiger partial charge on any atom is 0.0409 e. The van der Waals surface area contributed by atoms with Crippen LogP contribution in [-0.2, 0) is 0 Å². The van der Waals surface area contributed by atoms with Crippen LogP contribution in [0.5, 0.6) is 0 Å². The summed E-state index contributed by atoms with van der Waals surface area (Å²) in [7, 11) is 2.46. The van der Waals surface area contributed by atoms with Gasteiger partial charge in [-0.3, -0.25) is 0 Å². The van der Waals surface area contributed by atoms with Crippen molar-refractivity contribution in [2.75, 3.05) is 0 Å². The lowest BCUT2D eigenvalue weighted by Crippen LogP contribution is -2.30. The van der Waals surface area contributed by atoms with Crippen LogP contribution < -0.4 is 0 Å². The summed E-state index contributed by atoms with van der Waals surface area (Å²) >= 11 is 0. The lowest BCUT2D eigenvalue weighted by atomic mass is 11.7. The van der Waals surface area contributed by atoms with Gasteiger partial charge in [-0.1, -0.05) is 50.6 Å². The van der Waals surface area contributed by atoms with Crippen molar-refractivity contribution in [1.82, 2.24) is 0 Å². The molecule has 0 atom stereocenters. The molecular weight excluding hydrogens is 237 g/mol. The van der Waals surface area contributed by atoms with Crippen LogP contribution in [0, 0.1) is 0 Å². The Balaban J connectivity index is 3.28. The van der Waals surface area contributed by atoms with Crippen molar-refractivity contribution in [3.63, 3.8) is 0 Å². The molecule has 0 unspecified atom stereocenters. The first-order chi connectivity index (χ1) is 5.71. The van der Waals surface area contributed by atoms with Crippen molar-refractivity contribution in [3.8, 4) is 0 Å². The molecular formula is C8H22Si5. The molecule has 13 heavy (non-hydrogen) atoms. The third-order valence-electron chi connectivity index (χ3n) is 1.41. The van der Waals surface area contributed by atoms with Gasteiger partial charge in [-0.15, -0.1) is 0 Å². The maximum absolute atomic E-state index is 2.49. The number of hydrogen-bond donors (Lipinski definition) is 0. The summed E-state index contributed by atoms with van der Waals surface area (Å²) in [5.74, 6) is 0. The van der Waals surface area contributed by atoms with Crippen molar-refractivity contribution in [1.29, 1.82) is 0 Å². The molecule has 0 aromatic rings. The zero-order valence-electron chi connectivity index (χ0n) is 9.91. The minimum Gasteiger partial charge on any atom is -0.0698 e. The van der Waals surface area contributed by atoms with Gasteiger partial charge in [0.05, 0.1) is 0 Å². The molecule has 0 nitrogen and oxygen atoms in total. The molecule has 5 heteroatoms. The molecule has 74 valence electrons. The molecule has 0 fully saturated rings. The topological polar surface area (TPSA) is 0 Å². The highest BCUT2D eigenvalue weighted by molar-refractivity contribution is 7.32. The highest BCUT2D eigenvalue weighted by atomic mass is 29.5. The van der Waals surface area contributed by atoms with Gasteiger partial charge in [-0.2, -0.15) is 0 Å². The summed E-state index contributed by atoms with van der Waals surface area (Å²) in [5.41, 5.74) is 3.15. The number of rotatable bonds is 6. The van der Waals surface area contributed by atoms with E-state index in [1.807, 2.05) is 0 Å². The van der Waals surface area contributed by atoms with E-state index in [1.54, 1.807) is 11.3 Å². The van der Waals surface area contributed by atoms with E-state index in [-0.39, 0.29) is 0 Å². The van der Waals surface area contributed by atoms with Crippen LogP contribution in [0.3, 0.4) is 0 Å². The van der Waals surface area contributed by atoms with Gasteiger partial charge in [0.2, 0.25) is 0 Å². The smallest absolute Gasteiger partial charge is 0.0409 e. The molecule has 0 aromatic heterocycles. The van der Waals surface area contributed by atoms with Crippen molar-refractivity contribution >= 4 is 42.8 Å². The molecule has 0 aliphatic rings. The Bertz CT molecular complexity index is 116. The average Bonchev–Trinajstić information content (AvgIpc) is 1.81. The Hall–Kier alpha value is 1.08. The van der Waals surface area contributed by atoms with E-state index in [4.69, 9.17) is 0 Å². The van der Waals surface area contributed by atoms with Crippen molar-refractivity contribution in [2.24, 2.45) is 0 Å². The molecule has 0 saturated carbocycles. The summed E-state index contributed by atoms with van der Waals surface area (Å²) in [6.07, 6.45) is 0.